The van der Waals surface area contributed by atoms with E-state index < -0.39 is 12.0 Å². The first-order chi connectivity index (χ1) is 16.8. The molecule has 3 rings (SSSR count). The molecule has 182 valence electrons. The van der Waals surface area contributed by atoms with E-state index in [-0.39, 0.29) is 29.0 Å². The number of aromatic nitrogens is 3. The average molecular weight is 494 g/mol. The van der Waals surface area contributed by atoms with E-state index in [0.717, 1.165) is 0 Å². The molecule has 1 aromatic heterocycles. The zero-order valence-electron chi connectivity index (χ0n) is 19.5. The van der Waals surface area contributed by atoms with Crippen LogP contribution in [0.2, 0.25) is 0 Å². The molecule has 9 nitrogen and oxygen atoms in total. The van der Waals surface area contributed by atoms with Gasteiger partial charge in [-0.25, -0.2) is 4.79 Å². The Morgan fingerprint density at radius 1 is 1.09 bits per heavy atom. The number of hydrogen-bond acceptors (Lipinski definition) is 6. The van der Waals surface area contributed by atoms with E-state index in [1.165, 1.54) is 23.9 Å². The van der Waals surface area contributed by atoms with Gasteiger partial charge < -0.3 is 20.3 Å². The van der Waals surface area contributed by atoms with Crippen molar-refractivity contribution in [3.05, 3.63) is 84.2 Å². The van der Waals surface area contributed by atoms with Gasteiger partial charge in [0, 0.05) is 17.8 Å². The van der Waals surface area contributed by atoms with Gasteiger partial charge in [-0.1, -0.05) is 56.0 Å². The van der Waals surface area contributed by atoms with Crippen LogP contribution in [0.25, 0.3) is 0 Å². The maximum absolute atomic E-state index is 12.8. The minimum Gasteiger partial charge on any atom is -0.478 e. The SMILES string of the molecule is C=CCn1c(SCC(=O)Nc2cccc(C(=O)O)c2)nnc1[C@@H](NC(=O)c1ccccc1)C(C)C. The first kappa shape index (κ1) is 25.7. The Bertz CT molecular complexity index is 1210. The van der Waals surface area contributed by atoms with Crippen LogP contribution in [0.5, 0.6) is 0 Å². The molecule has 35 heavy (non-hydrogen) atoms. The number of thioether (sulfide) groups is 1. The highest BCUT2D eigenvalue weighted by Gasteiger charge is 2.26. The molecule has 3 aromatic rings. The molecule has 2 aromatic carbocycles. The molecule has 1 atom stereocenters. The van der Waals surface area contributed by atoms with Gasteiger partial charge in [0.15, 0.2) is 11.0 Å². The average Bonchev–Trinajstić information content (AvgIpc) is 3.23. The molecule has 0 unspecified atom stereocenters. The third-order valence-electron chi connectivity index (χ3n) is 5.05. The molecule has 0 aliphatic carbocycles. The van der Waals surface area contributed by atoms with Crippen molar-refractivity contribution in [2.24, 2.45) is 5.92 Å². The standard InChI is InChI=1S/C25H27N5O4S/c1-4-13-30-22(21(16(2)3)27-23(32)17-9-6-5-7-10-17)28-29-25(30)35-15-20(31)26-19-12-8-11-18(14-19)24(33)34/h4-12,14,16,21H,1,13,15H2,2-3H3,(H,26,31)(H,27,32)(H,33,34)/t21-/m0/s1. The number of nitrogens with one attached hydrogen (secondary N) is 2. The number of carboxylic acids is 1. The van der Waals surface area contributed by atoms with Crippen molar-refractivity contribution in [1.29, 1.82) is 0 Å². The fourth-order valence-corrected chi connectivity index (χ4v) is 4.09. The van der Waals surface area contributed by atoms with Crippen LogP contribution in [0.4, 0.5) is 5.69 Å². The Balaban J connectivity index is 1.73. The number of benzene rings is 2. The van der Waals surface area contributed by atoms with Crippen molar-refractivity contribution in [2.45, 2.75) is 31.6 Å². The first-order valence-electron chi connectivity index (χ1n) is 11.0. The Labute approximate surface area is 207 Å². The summed E-state index contributed by atoms with van der Waals surface area (Å²) in [6, 6.07) is 14.6. The van der Waals surface area contributed by atoms with Crippen LogP contribution in [0, 0.1) is 5.92 Å². The highest BCUT2D eigenvalue weighted by molar-refractivity contribution is 7.99. The number of nitrogens with zero attached hydrogens (tertiary/aromatic N) is 3. The second-order valence-corrected chi connectivity index (χ2v) is 8.97. The summed E-state index contributed by atoms with van der Waals surface area (Å²) in [7, 11) is 0. The van der Waals surface area contributed by atoms with E-state index in [9.17, 15) is 14.4 Å². The lowest BCUT2D eigenvalue weighted by atomic mass is 10.0. The zero-order chi connectivity index (χ0) is 25.4. The first-order valence-corrected chi connectivity index (χ1v) is 11.9. The fraction of sp³-hybridized carbons (Fsp3) is 0.240. The summed E-state index contributed by atoms with van der Waals surface area (Å²) >= 11 is 1.19. The summed E-state index contributed by atoms with van der Waals surface area (Å²) in [6.07, 6.45) is 1.70. The van der Waals surface area contributed by atoms with Crippen molar-refractivity contribution in [3.63, 3.8) is 0 Å². The number of carbonyl (C=O) groups excluding carboxylic acids is 2. The Hall–Kier alpha value is -3.92. The minimum absolute atomic E-state index is 0.0260. The number of carbonyl (C=O) groups is 3. The minimum atomic E-state index is -1.07. The second kappa shape index (κ2) is 12.0. The smallest absolute Gasteiger partial charge is 0.335 e. The number of aromatic carboxylic acids is 1. The van der Waals surface area contributed by atoms with E-state index in [2.05, 4.69) is 27.4 Å². The third-order valence-corrected chi connectivity index (χ3v) is 6.02. The Morgan fingerprint density at radius 3 is 2.46 bits per heavy atom. The predicted molar refractivity (Wildman–Crippen MR) is 134 cm³/mol. The van der Waals surface area contributed by atoms with Gasteiger partial charge in [-0.15, -0.1) is 16.8 Å². The molecule has 0 saturated carbocycles. The molecule has 0 aliphatic rings. The van der Waals surface area contributed by atoms with Gasteiger partial charge in [-0.2, -0.15) is 0 Å². The molecule has 1 heterocycles. The van der Waals surface area contributed by atoms with Gasteiger partial charge in [0.1, 0.15) is 0 Å². The van der Waals surface area contributed by atoms with Gasteiger partial charge in [0.2, 0.25) is 5.91 Å². The summed E-state index contributed by atoms with van der Waals surface area (Å²) in [4.78, 5) is 36.4. The number of rotatable bonds is 11. The monoisotopic (exact) mass is 493 g/mol. The van der Waals surface area contributed by atoms with Crippen molar-refractivity contribution < 1.29 is 19.5 Å². The molecule has 3 N–H and O–H groups in total. The van der Waals surface area contributed by atoms with Crippen LogP contribution in [-0.2, 0) is 11.3 Å². The quantitative estimate of drug-likeness (QED) is 0.272. The number of anilines is 1. The van der Waals surface area contributed by atoms with E-state index >= 15 is 0 Å². The Kier molecular flexibility index (Phi) is 8.80. The molecule has 10 heteroatoms. The molecule has 2 amide bonds. The highest BCUT2D eigenvalue weighted by atomic mass is 32.2. The molecule has 0 bridgehead atoms. The fourth-order valence-electron chi connectivity index (χ4n) is 3.34. The predicted octanol–water partition coefficient (Wildman–Crippen LogP) is 4.02. The zero-order valence-corrected chi connectivity index (χ0v) is 20.3. The van der Waals surface area contributed by atoms with E-state index in [1.54, 1.807) is 42.5 Å². The lowest BCUT2D eigenvalue weighted by Gasteiger charge is -2.22. The summed E-state index contributed by atoms with van der Waals surface area (Å²) in [6.45, 7) is 8.17. The van der Waals surface area contributed by atoms with Crippen molar-refractivity contribution >= 4 is 35.2 Å². The van der Waals surface area contributed by atoms with Gasteiger partial charge >= 0.3 is 5.97 Å². The van der Waals surface area contributed by atoms with Gasteiger partial charge in [0.05, 0.1) is 17.4 Å². The van der Waals surface area contributed by atoms with Crippen molar-refractivity contribution in [3.8, 4) is 0 Å². The lowest BCUT2D eigenvalue weighted by molar-refractivity contribution is -0.113. The van der Waals surface area contributed by atoms with Gasteiger partial charge in [-0.05, 0) is 36.2 Å². The number of hydrogen-bond donors (Lipinski definition) is 3. The summed E-state index contributed by atoms with van der Waals surface area (Å²) < 4.78 is 1.83. The van der Waals surface area contributed by atoms with Gasteiger partial charge in [0.25, 0.3) is 5.91 Å². The normalized spacial score (nSPS) is 11.6. The van der Waals surface area contributed by atoms with Crippen LogP contribution < -0.4 is 10.6 Å². The summed E-state index contributed by atoms with van der Waals surface area (Å²) in [5, 5.41) is 23.9. The van der Waals surface area contributed by atoms with E-state index in [4.69, 9.17) is 5.11 Å². The van der Waals surface area contributed by atoms with Crippen molar-refractivity contribution in [1.82, 2.24) is 20.1 Å². The molecular weight excluding hydrogens is 466 g/mol. The summed E-state index contributed by atoms with van der Waals surface area (Å²) in [5.74, 6) is -0.964. The molecule has 0 spiro atoms. The number of amides is 2. The number of carboxylic acid groups (broad SMARTS) is 1. The molecule has 0 radical (unpaired) electrons. The van der Waals surface area contributed by atoms with Crippen LogP contribution in [0.1, 0.15) is 46.4 Å². The van der Waals surface area contributed by atoms with E-state index in [1.807, 2.05) is 24.5 Å². The summed E-state index contributed by atoms with van der Waals surface area (Å²) in [5.41, 5.74) is 1.03. The molecule has 0 aliphatic heterocycles. The van der Waals surface area contributed by atoms with Crippen LogP contribution in [-0.4, -0.2) is 43.4 Å². The number of allylic oxidation sites excluding steroid dienone is 1. The van der Waals surface area contributed by atoms with Crippen molar-refractivity contribution in [2.75, 3.05) is 11.1 Å². The maximum Gasteiger partial charge on any atom is 0.335 e. The Morgan fingerprint density at radius 2 is 1.80 bits per heavy atom. The molecule has 0 fully saturated rings. The van der Waals surface area contributed by atoms with Gasteiger partial charge in [-0.3, -0.25) is 9.59 Å². The lowest BCUT2D eigenvalue weighted by Crippen LogP contribution is -2.33. The maximum atomic E-state index is 12.8. The van der Waals surface area contributed by atoms with Crippen LogP contribution in [0.15, 0.2) is 72.4 Å². The van der Waals surface area contributed by atoms with Crippen LogP contribution in [0.3, 0.4) is 0 Å². The highest BCUT2D eigenvalue weighted by Crippen LogP contribution is 2.26. The van der Waals surface area contributed by atoms with E-state index in [0.29, 0.717) is 28.8 Å². The van der Waals surface area contributed by atoms with Crippen LogP contribution >= 0.6 is 11.8 Å². The largest absolute Gasteiger partial charge is 0.478 e. The third kappa shape index (κ3) is 6.80. The molecular formula is C25H27N5O4S. The molecule has 0 saturated heterocycles. The second-order valence-electron chi connectivity index (χ2n) is 8.02. The topological polar surface area (TPSA) is 126 Å².